The van der Waals surface area contributed by atoms with Crippen LogP contribution in [0, 0.1) is 0 Å². The largest absolute Gasteiger partial charge is 0.353 e. The third kappa shape index (κ3) is 4.72. The van der Waals surface area contributed by atoms with Gasteiger partial charge in [-0.2, -0.15) is 0 Å². The Balaban J connectivity index is 2.48. The summed E-state index contributed by atoms with van der Waals surface area (Å²) in [6.07, 6.45) is 0. The molecule has 5 nitrogen and oxygen atoms in total. The molecular weight excluding hydrogens is 252 g/mol. The second-order valence-corrected chi connectivity index (χ2v) is 6.94. The SMILES string of the molecule is CCNC(C)(C)C(=O)NCC(C)(C)N1CCN(C)CC1. The van der Waals surface area contributed by atoms with Crippen molar-refractivity contribution in [2.75, 3.05) is 46.3 Å². The van der Waals surface area contributed by atoms with Crippen LogP contribution in [0.1, 0.15) is 34.6 Å². The van der Waals surface area contributed by atoms with Crippen LogP contribution in [0.25, 0.3) is 0 Å². The second kappa shape index (κ2) is 6.87. The van der Waals surface area contributed by atoms with Gasteiger partial charge in [-0.1, -0.05) is 6.92 Å². The highest BCUT2D eigenvalue weighted by molar-refractivity contribution is 5.85. The Kier molecular flexibility index (Phi) is 5.98. The van der Waals surface area contributed by atoms with Crippen molar-refractivity contribution < 1.29 is 4.79 Å². The van der Waals surface area contributed by atoms with Gasteiger partial charge >= 0.3 is 0 Å². The molecule has 1 amide bonds. The fraction of sp³-hybridized carbons (Fsp3) is 0.933. The monoisotopic (exact) mass is 284 g/mol. The molecule has 1 saturated heterocycles. The number of hydrogen-bond donors (Lipinski definition) is 2. The molecule has 0 aromatic rings. The summed E-state index contributed by atoms with van der Waals surface area (Å²) in [7, 11) is 2.16. The molecule has 0 bridgehead atoms. The first kappa shape index (κ1) is 17.4. The molecule has 1 rings (SSSR count). The van der Waals surface area contributed by atoms with E-state index < -0.39 is 5.54 Å². The Labute approximate surface area is 124 Å². The van der Waals surface area contributed by atoms with E-state index in [1.807, 2.05) is 20.8 Å². The van der Waals surface area contributed by atoms with Crippen LogP contribution in [-0.2, 0) is 4.79 Å². The van der Waals surface area contributed by atoms with Gasteiger partial charge < -0.3 is 15.5 Å². The zero-order valence-electron chi connectivity index (χ0n) is 14.0. The highest BCUT2D eigenvalue weighted by Crippen LogP contribution is 2.16. The van der Waals surface area contributed by atoms with Crippen molar-refractivity contribution in [3.8, 4) is 0 Å². The summed E-state index contributed by atoms with van der Waals surface area (Å²) in [5, 5.41) is 6.31. The van der Waals surface area contributed by atoms with Crippen molar-refractivity contribution in [2.45, 2.75) is 45.7 Å². The topological polar surface area (TPSA) is 47.6 Å². The van der Waals surface area contributed by atoms with Crippen molar-refractivity contribution in [2.24, 2.45) is 0 Å². The maximum Gasteiger partial charge on any atom is 0.239 e. The molecule has 1 aliphatic rings. The van der Waals surface area contributed by atoms with Gasteiger partial charge in [0.2, 0.25) is 5.91 Å². The average Bonchev–Trinajstić information content (AvgIpc) is 2.36. The lowest BCUT2D eigenvalue weighted by Crippen LogP contribution is -2.60. The van der Waals surface area contributed by atoms with E-state index in [0.717, 1.165) is 32.7 Å². The molecule has 0 spiro atoms. The third-order valence-electron chi connectivity index (χ3n) is 4.23. The van der Waals surface area contributed by atoms with Crippen molar-refractivity contribution in [1.29, 1.82) is 0 Å². The zero-order valence-corrected chi connectivity index (χ0v) is 14.0. The van der Waals surface area contributed by atoms with Gasteiger partial charge in [0.15, 0.2) is 0 Å². The van der Waals surface area contributed by atoms with Gasteiger partial charge in [0.25, 0.3) is 0 Å². The van der Waals surface area contributed by atoms with Crippen LogP contribution >= 0.6 is 0 Å². The molecule has 0 unspecified atom stereocenters. The summed E-state index contributed by atoms with van der Waals surface area (Å²) in [5.74, 6) is 0.0709. The lowest BCUT2D eigenvalue weighted by atomic mass is 9.99. The van der Waals surface area contributed by atoms with Gasteiger partial charge in [-0.15, -0.1) is 0 Å². The highest BCUT2D eigenvalue weighted by Gasteiger charge is 2.32. The number of nitrogens with zero attached hydrogens (tertiary/aromatic N) is 2. The van der Waals surface area contributed by atoms with E-state index in [1.54, 1.807) is 0 Å². The van der Waals surface area contributed by atoms with Crippen LogP contribution in [-0.4, -0.2) is 73.1 Å². The minimum Gasteiger partial charge on any atom is -0.353 e. The molecule has 5 heteroatoms. The molecule has 1 fully saturated rings. The Hall–Kier alpha value is -0.650. The number of hydrogen-bond acceptors (Lipinski definition) is 4. The predicted octanol–water partition coefficient (Wildman–Crippen LogP) is 0.517. The van der Waals surface area contributed by atoms with E-state index in [9.17, 15) is 4.79 Å². The van der Waals surface area contributed by atoms with Crippen molar-refractivity contribution in [1.82, 2.24) is 20.4 Å². The lowest BCUT2D eigenvalue weighted by molar-refractivity contribution is -0.127. The molecule has 0 saturated carbocycles. The molecule has 2 N–H and O–H groups in total. The standard InChI is InChI=1S/C15H32N4O/c1-7-17-15(4,5)13(20)16-12-14(2,3)19-10-8-18(6)9-11-19/h17H,7-12H2,1-6H3,(H,16,20). The van der Waals surface area contributed by atoms with Crippen LogP contribution in [0.5, 0.6) is 0 Å². The number of carbonyl (C=O) groups excluding carboxylic acids is 1. The first-order chi connectivity index (χ1) is 9.19. The summed E-state index contributed by atoms with van der Waals surface area (Å²) in [5.41, 5.74) is -0.508. The van der Waals surface area contributed by atoms with Crippen molar-refractivity contribution >= 4 is 5.91 Å². The maximum atomic E-state index is 12.2. The summed E-state index contributed by atoms with van der Waals surface area (Å²) >= 11 is 0. The van der Waals surface area contributed by atoms with Crippen LogP contribution in [0.2, 0.25) is 0 Å². The quantitative estimate of drug-likeness (QED) is 0.746. The molecule has 0 aromatic heterocycles. The summed E-state index contributed by atoms with van der Waals surface area (Å²) in [6, 6.07) is 0. The van der Waals surface area contributed by atoms with Gasteiger partial charge in [-0.05, 0) is 41.3 Å². The first-order valence-corrected chi connectivity index (χ1v) is 7.66. The van der Waals surface area contributed by atoms with E-state index in [2.05, 4.69) is 41.3 Å². The molecule has 1 aliphatic heterocycles. The molecular formula is C15H32N4O. The Morgan fingerprint density at radius 2 is 1.65 bits per heavy atom. The Bertz CT molecular complexity index is 320. The maximum absolute atomic E-state index is 12.2. The number of carbonyl (C=O) groups is 1. The van der Waals surface area contributed by atoms with Gasteiger partial charge in [0.1, 0.15) is 0 Å². The number of amides is 1. The van der Waals surface area contributed by atoms with Crippen molar-refractivity contribution in [3.63, 3.8) is 0 Å². The van der Waals surface area contributed by atoms with Crippen LogP contribution in [0.3, 0.4) is 0 Å². The summed E-state index contributed by atoms with van der Waals surface area (Å²) in [4.78, 5) is 17.0. The normalized spacial score (nSPS) is 19.1. The van der Waals surface area contributed by atoms with E-state index in [4.69, 9.17) is 0 Å². The van der Waals surface area contributed by atoms with Crippen molar-refractivity contribution in [3.05, 3.63) is 0 Å². The Morgan fingerprint density at radius 3 is 2.15 bits per heavy atom. The Morgan fingerprint density at radius 1 is 1.10 bits per heavy atom. The molecule has 118 valence electrons. The van der Waals surface area contributed by atoms with E-state index in [1.165, 1.54) is 0 Å². The fourth-order valence-corrected chi connectivity index (χ4v) is 2.56. The summed E-state index contributed by atoms with van der Waals surface area (Å²) in [6.45, 7) is 16.1. The van der Waals surface area contributed by atoms with E-state index in [-0.39, 0.29) is 11.4 Å². The van der Waals surface area contributed by atoms with Crippen LogP contribution in [0.4, 0.5) is 0 Å². The highest BCUT2D eigenvalue weighted by atomic mass is 16.2. The average molecular weight is 284 g/mol. The van der Waals surface area contributed by atoms with E-state index in [0.29, 0.717) is 6.54 Å². The molecule has 0 atom stereocenters. The number of nitrogens with one attached hydrogen (secondary N) is 2. The predicted molar refractivity (Wildman–Crippen MR) is 83.9 cm³/mol. The fourth-order valence-electron chi connectivity index (χ4n) is 2.56. The number of piperazine rings is 1. The number of rotatable bonds is 6. The minimum atomic E-state index is -0.507. The van der Waals surface area contributed by atoms with E-state index >= 15 is 0 Å². The number of likely N-dealkylation sites (N-methyl/N-ethyl adjacent to an activating group) is 2. The van der Waals surface area contributed by atoms with Gasteiger partial charge in [0, 0.05) is 38.3 Å². The van der Waals surface area contributed by atoms with Crippen LogP contribution < -0.4 is 10.6 Å². The first-order valence-electron chi connectivity index (χ1n) is 7.66. The van der Waals surface area contributed by atoms with Gasteiger partial charge in [-0.3, -0.25) is 9.69 Å². The van der Waals surface area contributed by atoms with Crippen LogP contribution in [0.15, 0.2) is 0 Å². The third-order valence-corrected chi connectivity index (χ3v) is 4.23. The molecule has 0 radical (unpaired) electrons. The second-order valence-electron chi connectivity index (χ2n) is 6.94. The summed E-state index contributed by atoms with van der Waals surface area (Å²) < 4.78 is 0. The van der Waals surface area contributed by atoms with Gasteiger partial charge in [-0.25, -0.2) is 0 Å². The van der Waals surface area contributed by atoms with Gasteiger partial charge in [0.05, 0.1) is 5.54 Å². The lowest BCUT2D eigenvalue weighted by Gasteiger charge is -2.43. The molecule has 0 aliphatic carbocycles. The minimum absolute atomic E-state index is 0.000779. The molecule has 1 heterocycles. The molecule has 0 aromatic carbocycles. The molecule has 20 heavy (non-hydrogen) atoms. The zero-order chi connectivity index (χ0) is 15.4. The smallest absolute Gasteiger partial charge is 0.239 e.